The van der Waals surface area contributed by atoms with Gasteiger partial charge >= 0.3 is 0 Å². The van der Waals surface area contributed by atoms with Gasteiger partial charge in [-0.2, -0.15) is 0 Å². The molecule has 2 aromatic rings. The highest BCUT2D eigenvalue weighted by molar-refractivity contribution is 9.10. The molecule has 1 N–H and O–H groups in total. The van der Waals surface area contributed by atoms with Gasteiger partial charge in [0.1, 0.15) is 0 Å². The highest BCUT2D eigenvalue weighted by Gasteiger charge is 2.28. The highest BCUT2D eigenvalue weighted by atomic mass is 79.9. The Hall–Kier alpha value is -2.38. The predicted molar refractivity (Wildman–Crippen MR) is 120 cm³/mol. The summed E-state index contributed by atoms with van der Waals surface area (Å²) >= 11 is 3.42. The quantitative estimate of drug-likeness (QED) is 0.722. The third-order valence-corrected chi connectivity index (χ3v) is 5.96. The fraction of sp³-hybridized carbons (Fsp3) is 0.364. The molecule has 1 fully saturated rings. The number of halogens is 1. The standard InChI is InChI=1S/C22H27BrN4O2/c1-17(25(2)16-21(28)24-20-11-7-6-10-19(20)23)22(29)27-14-12-26(13-15-27)18-8-4-3-5-9-18/h3-11,17H,12-16H2,1-2H3,(H,24,28). The van der Waals surface area contributed by atoms with Gasteiger partial charge in [0.05, 0.1) is 18.3 Å². The van der Waals surface area contributed by atoms with E-state index in [9.17, 15) is 9.59 Å². The lowest BCUT2D eigenvalue weighted by molar-refractivity contribution is -0.136. The van der Waals surface area contributed by atoms with Gasteiger partial charge < -0.3 is 15.1 Å². The van der Waals surface area contributed by atoms with Crippen LogP contribution in [-0.4, -0.2) is 67.4 Å². The minimum atomic E-state index is -0.358. The van der Waals surface area contributed by atoms with Crippen molar-refractivity contribution in [1.82, 2.24) is 9.80 Å². The van der Waals surface area contributed by atoms with Crippen LogP contribution in [0.3, 0.4) is 0 Å². The van der Waals surface area contributed by atoms with E-state index >= 15 is 0 Å². The van der Waals surface area contributed by atoms with Gasteiger partial charge in [-0.25, -0.2) is 0 Å². The zero-order valence-electron chi connectivity index (χ0n) is 16.8. The molecule has 2 aromatic carbocycles. The summed E-state index contributed by atoms with van der Waals surface area (Å²) in [7, 11) is 1.81. The van der Waals surface area contributed by atoms with E-state index in [0.717, 1.165) is 23.2 Å². The van der Waals surface area contributed by atoms with Crippen LogP contribution in [0.25, 0.3) is 0 Å². The number of rotatable bonds is 6. The van der Waals surface area contributed by atoms with Crippen molar-refractivity contribution in [2.45, 2.75) is 13.0 Å². The van der Waals surface area contributed by atoms with E-state index in [-0.39, 0.29) is 24.4 Å². The molecule has 154 valence electrons. The molecular formula is C22H27BrN4O2. The number of likely N-dealkylation sites (N-methyl/N-ethyl adjacent to an activating group) is 1. The number of amides is 2. The van der Waals surface area contributed by atoms with Gasteiger partial charge in [0, 0.05) is 36.3 Å². The highest BCUT2D eigenvalue weighted by Crippen LogP contribution is 2.21. The monoisotopic (exact) mass is 458 g/mol. The van der Waals surface area contributed by atoms with Crippen molar-refractivity contribution >= 4 is 39.1 Å². The molecule has 0 aliphatic carbocycles. The van der Waals surface area contributed by atoms with Crippen molar-refractivity contribution < 1.29 is 9.59 Å². The number of hydrogen-bond donors (Lipinski definition) is 1. The van der Waals surface area contributed by atoms with E-state index in [1.807, 2.05) is 61.3 Å². The number of benzene rings is 2. The molecule has 1 aliphatic heterocycles. The largest absolute Gasteiger partial charge is 0.368 e. The molecule has 0 aromatic heterocycles. The average Bonchev–Trinajstić information content (AvgIpc) is 2.75. The molecule has 1 unspecified atom stereocenters. The smallest absolute Gasteiger partial charge is 0.239 e. The molecule has 0 bridgehead atoms. The molecule has 29 heavy (non-hydrogen) atoms. The van der Waals surface area contributed by atoms with Crippen LogP contribution < -0.4 is 10.2 Å². The Morgan fingerprint density at radius 1 is 1.03 bits per heavy atom. The zero-order chi connectivity index (χ0) is 20.8. The second-order valence-corrected chi connectivity index (χ2v) is 8.12. The Bertz CT molecular complexity index is 838. The third-order valence-electron chi connectivity index (χ3n) is 5.27. The molecule has 6 nitrogen and oxygen atoms in total. The Kier molecular flexibility index (Phi) is 7.28. The van der Waals surface area contributed by atoms with Crippen LogP contribution in [0, 0.1) is 0 Å². The van der Waals surface area contributed by atoms with Gasteiger partial charge in [-0.1, -0.05) is 30.3 Å². The van der Waals surface area contributed by atoms with Gasteiger partial charge in [-0.15, -0.1) is 0 Å². The first-order valence-electron chi connectivity index (χ1n) is 9.79. The van der Waals surface area contributed by atoms with Gasteiger partial charge in [-0.05, 0) is 54.2 Å². The summed E-state index contributed by atoms with van der Waals surface area (Å²) in [5.41, 5.74) is 1.91. The number of hydrogen-bond acceptors (Lipinski definition) is 4. The number of carbonyl (C=O) groups excluding carboxylic acids is 2. The van der Waals surface area contributed by atoms with E-state index in [0.29, 0.717) is 13.1 Å². The first kappa shape index (κ1) is 21.3. The molecule has 1 heterocycles. The Morgan fingerprint density at radius 3 is 2.31 bits per heavy atom. The average molecular weight is 459 g/mol. The molecule has 7 heteroatoms. The topological polar surface area (TPSA) is 55.9 Å². The minimum Gasteiger partial charge on any atom is -0.368 e. The Labute approximate surface area is 180 Å². The molecule has 2 amide bonds. The molecule has 3 rings (SSSR count). The molecule has 0 radical (unpaired) electrons. The molecule has 1 aliphatic rings. The number of piperazine rings is 1. The fourth-order valence-corrected chi connectivity index (χ4v) is 3.78. The van der Waals surface area contributed by atoms with Gasteiger partial charge in [0.2, 0.25) is 11.8 Å². The Morgan fingerprint density at radius 2 is 1.66 bits per heavy atom. The molecule has 1 saturated heterocycles. The van der Waals surface area contributed by atoms with Gasteiger partial charge in [-0.3, -0.25) is 14.5 Å². The maximum Gasteiger partial charge on any atom is 0.239 e. The molecular weight excluding hydrogens is 432 g/mol. The molecule has 0 saturated carbocycles. The van der Waals surface area contributed by atoms with E-state index in [2.05, 4.69) is 38.3 Å². The van der Waals surface area contributed by atoms with Crippen LogP contribution in [0.5, 0.6) is 0 Å². The van der Waals surface area contributed by atoms with Crippen LogP contribution in [0.15, 0.2) is 59.1 Å². The number of nitrogens with one attached hydrogen (secondary N) is 1. The van der Waals surface area contributed by atoms with E-state index < -0.39 is 0 Å². The first-order chi connectivity index (χ1) is 14.0. The van der Waals surface area contributed by atoms with Crippen molar-refractivity contribution in [1.29, 1.82) is 0 Å². The van der Waals surface area contributed by atoms with E-state index in [1.54, 1.807) is 4.90 Å². The zero-order valence-corrected chi connectivity index (χ0v) is 18.4. The van der Waals surface area contributed by atoms with Crippen molar-refractivity contribution in [2.24, 2.45) is 0 Å². The first-order valence-corrected chi connectivity index (χ1v) is 10.6. The Balaban J connectivity index is 1.49. The van der Waals surface area contributed by atoms with Crippen LogP contribution >= 0.6 is 15.9 Å². The summed E-state index contributed by atoms with van der Waals surface area (Å²) in [5.74, 6) is -0.0816. The van der Waals surface area contributed by atoms with Crippen LogP contribution in [0.2, 0.25) is 0 Å². The maximum absolute atomic E-state index is 12.9. The second-order valence-electron chi connectivity index (χ2n) is 7.27. The maximum atomic E-state index is 12.9. The van der Waals surface area contributed by atoms with Crippen LogP contribution in [-0.2, 0) is 9.59 Å². The third kappa shape index (κ3) is 5.58. The summed E-state index contributed by atoms with van der Waals surface area (Å²) in [4.78, 5) is 31.3. The van der Waals surface area contributed by atoms with Crippen molar-refractivity contribution in [3.63, 3.8) is 0 Å². The van der Waals surface area contributed by atoms with Crippen LogP contribution in [0.4, 0.5) is 11.4 Å². The summed E-state index contributed by atoms with van der Waals surface area (Å²) in [6.45, 7) is 5.02. The van der Waals surface area contributed by atoms with E-state index in [1.165, 1.54) is 5.69 Å². The number of para-hydroxylation sites is 2. The second kappa shape index (κ2) is 9.89. The van der Waals surface area contributed by atoms with Gasteiger partial charge in [0.15, 0.2) is 0 Å². The lowest BCUT2D eigenvalue weighted by Gasteiger charge is -2.38. The fourth-order valence-electron chi connectivity index (χ4n) is 3.39. The SMILES string of the molecule is CC(C(=O)N1CCN(c2ccccc2)CC1)N(C)CC(=O)Nc1ccccc1Br. The summed E-state index contributed by atoms with van der Waals surface area (Å²) in [6.07, 6.45) is 0. The van der Waals surface area contributed by atoms with Crippen LogP contribution in [0.1, 0.15) is 6.92 Å². The van der Waals surface area contributed by atoms with E-state index in [4.69, 9.17) is 0 Å². The summed E-state index contributed by atoms with van der Waals surface area (Å²) in [5, 5.41) is 2.88. The van der Waals surface area contributed by atoms with Crippen molar-refractivity contribution in [3.8, 4) is 0 Å². The summed E-state index contributed by atoms with van der Waals surface area (Å²) < 4.78 is 0.830. The predicted octanol–water partition coefficient (Wildman–Crippen LogP) is 3.06. The van der Waals surface area contributed by atoms with Crippen molar-refractivity contribution in [3.05, 3.63) is 59.1 Å². The molecule has 0 spiro atoms. The van der Waals surface area contributed by atoms with Crippen molar-refractivity contribution in [2.75, 3.05) is 50.0 Å². The number of carbonyl (C=O) groups is 2. The number of nitrogens with zero attached hydrogens (tertiary/aromatic N) is 3. The van der Waals surface area contributed by atoms with Gasteiger partial charge in [0.25, 0.3) is 0 Å². The normalized spacial score (nSPS) is 15.3. The molecule has 1 atom stereocenters. The lowest BCUT2D eigenvalue weighted by Crippen LogP contribution is -2.54. The number of anilines is 2. The minimum absolute atomic E-state index is 0.0638. The summed E-state index contributed by atoms with van der Waals surface area (Å²) in [6, 6.07) is 17.4. The lowest BCUT2D eigenvalue weighted by atomic mass is 10.2.